The molecule has 0 fully saturated rings. The van der Waals surface area contributed by atoms with E-state index >= 15 is 0 Å². The van der Waals surface area contributed by atoms with Gasteiger partial charge in [0.2, 0.25) is 0 Å². The number of rotatable bonds is 3. The molecular formula is C51H42N6O12. The summed E-state index contributed by atoms with van der Waals surface area (Å²) < 4.78 is 28.6. The molecule has 18 nitrogen and oxygen atoms in total. The number of nitrogens with one attached hydrogen (secondary N) is 4. The number of hydrogen-bond donors (Lipinski definition) is 4. The molecule has 0 saturated heterocycles. The molecule has 348 valence electrons. The Labute approximate surface area is 393 Å². The minimum atomic E-state index is -0.919. The van der Waals surface area contributed by atoms with E-state index in [9.17, 15) is 33.6 Å². The van der Waals surface area contributed by atoms with E-state index in [2.05, 4.69) is 31.2 Å². The Morgan fingerprint density at radius 1 is 0.522 bits per heavy atom. The van der Waals surface area contributed by atoms with Gasteiger partial charge in [-0.05, 0) is 96.9 Å². The van der Waals surface area contributed by atoms with Crippen molar-refractivity contribution in [1.29, 1.82) is 0 Å². The standard InChI is InChI=1S/C51H42N6O12/c1-51(2,3)69-48(62)31-21-29-20-30(22-31)47(61)57-39-19-11-17-37(53-39)55-41(59)26-68-45-35(50(64)66-5)24-28-13-7-9-15-33(28)43(45)42-32-14-8-6-12-27(32)23-34(49(63)65-4)44(42)67-25-40(58)54-36-16-10-18-38(52-36)56-46(29)60/h6-24H,25-26H2,1-5H3,(H2,52,54,56,58,60)(H2,53,55,57,59,61). The van der Waals surface area contributed by atoms with Crippen LogP contribution in [0.5, 0.6) is 11.5 Å². The first-order chi connectivity index (χ1) is 33.1. The predicted octanol–water partition coefficient (Wildman–Crippen LogP) is 7.83. The SMILES string of the molecule is COC(=O)c1cc2ccccc2c2c1OCC(=O)Nc1cccc(n1)NC(=O)c1cc(cc(C(=O)OC(C)(C)C)c1)C(=O)Nc1cccc(n1)NC(=O)COc1c(C(=O)OC)cc3ccccc3c1-2. The molecule has 0 atom stereocenters. The number of carbonyl (C=O) groups excluding carboxylic acids is 7. The van der Waals surface area contributed by atoms with Crippen molar-refractivity contribution in [1.82, 2.24) is 9.97 Å². The van der Waals surface area contributed by atoms with E-state index in [1.807, 2.05) is 0 Å². The number of benzene rings is 5. The Morgan fingerprint density at radius 3 is 1.33 bits per heavy atom. The lowest BCUT2D eigenvalue weighted by atomic mass is 9.88. The molecular weight excluding hydrogens is 889 g/mol. The largest absolute Gasteiger partial charge is 0.482 e. The second kappa shape index (κ2) is 19.3. The van der Waals surface area contributed by atoms with E-state index in [1.165, 1.54) is 68.8 Å². The van der Waals surface area contributed by atoms with Gasteiger partial charge in [-0.2, -0.15) is 0 Å². The molecule has 4 N–H and O–H groups in total. The first kappa shape index (κ1) is 46.3. The topological polar surface area (TPSA) is 240 Å². The first-order valence-corrected chi connectivity index (χ1v) is 21.2. The number of anilines is 4. The highest BCUT2D eigenvalue weighted by Crippen LogP contribution is 2.49. The summed E-state index contributed by atoms with van der Waals surface area (Å²) in [6, 6.07) is 29.7. The number of hydrogen-bond acceptors (Lipinski definition) is 14. The predicted molar refractivity (Wildman–Crippen MR) is 254 cm³/mol. The molecule has 7 aromatic rings. The van der Waals surface area contributed by atoms with Crippen molar-refractivity contribution in [2.45, 2.75) is 26.4 Å². The Morgan fingerprint density at radius 2 is 0.928 bits per heavy atom. The molecule has 0 unspecified atom stereocenters. The van der Waals surface area contributed by atoms with Gasteiger partial charge in [0.15, 0.2) is 13.2 Å². The summed E-state index contributed by atoms with van der Waals surface area (Å²) in [6.45, 7) is 3.56. The number of fused-ring (bicyclic) bond motifs is 13. The molecule has 8 rings (SSSR count). The van der Waals surface area contributed by atoms with Gasteiger partial charge in [0.1, 0.15) is 51.5 Å². The maximum atomic E-state index is 13.8. The molecule has 18 heteroatoms. The van der Waals surface area contributed by atoms with Crippen molar-refractivity contribution >= 4 is 86.4 Å². The highest BCUT2D eigenvalue weighted by molar-refractivity contribution is 6.16. The summed E-state index contributed by atoms with van der Waals surface area (Å²) in [5.74, 6) is -5.81. The summed E-state index contributed by atoms with van der Waals surface area (Å²) in [4.78, 5) is 105. The van der Waals surface area contributed by atoms with Crippen LogP contribution < -0.4 is 30.7 Å². The highest BCUT2D eigenvalue weighted by Gasteiger charge is 2.30. The van der Waals surface area contributed by atoms with Gasteiger partial charge in [-0.15, -0.1) is 0 Å². The van der Waals surface area contributed by atoms with Crippen LogP contribution in [0.2, 0.25) is 0 Å². The third-order valence-electron chi connectivity index (χ3n) is 10.4. The van der Waals surface area contributed by atoms with Gasteiger partial charge in [-0.1, -0.05) is 60.7 Å². The lowest BCUT2D eigenvalue weighted by Crippen LogP contribution is -2.25. The van der Waals surface area contributed by atoms with Crippen LogP contribution in [0.4, 0.5) is 23.3 Å². The van der Waals surface area contributed by atoms with E-state index in [-0.39, 0.29) is 73.7 Å². The number of methoxy groups -OCH3 is 2. The Balaban J connectivity index is 1.29. The average molecular weight is 931 g/mol. The Hall–Kier alpha value is -9.19. The van der Waals surface area contributed by atoms with Crippen LogP contribution in [0.1, 0.15) is 72.6 Å². The number of amides is 4. The van der Waals surface area contributed by atoms with Gasteiger partial charge in [0, 0.05) is 22.3 Å². The third kappa shape index (κ3) is 10.3. The van der Waals surface area contributed by atoms with Crippen LogP contribution in [-0.4, -0.2) is 84.5 Å². The van der Waals surface area contributed by atoms with Crippen LogP contribution in [-0.2, 0) is 23.8 Å². The van der Waals surface area contributed by atoms with Gasteiger partial charge >= 0.3 is 17.9 Å². The quantitative estimate of drug-likeness (QED) is 0.0976. The molecule has 0 aliphatic carbocycles. The van der Waals surface area contributed by atoms with Crippen LogP contribution in [0.3, 0.4) is 0 Å². The van der Waals surface area contributed by atoms with Crippen molar-refractivity contribution < 1.29 is 57.2 Å². The van der Waals surface area contributed by atoms with Crippen molar-refractivity contribution in [3.05, 3.63) is 143 Å². The molecule has 5 aromatic carbocycles. The van der Waals surface area contributed by atoms with Gasteiger partial charge in [-0.3, -0.25) is 19.2 Å². The first-order valence-electron chi connectivity index (χ1n) is 21.2. The number of esters is 3. The van der Waals surface area contributed by atoms with Crippen molar-refractivity contribution in [2.24, 2.45) is 0 Å². The molecule has 3 heterocycles. The lowest BCUT2D eigenvalue weighted by molar-refractivity contribution is -0.118. The zero-order chi connectivity index (χ0) is 49.0. The summed E-state index contributed by atoms with van der Waals surface area (Å²) in [7, 11) is 2.37. The minimum absolute atomic E-state index is 0.0121. The van der Waals surface area contributed by atoms with Crippen molar-refractivity contribution in [3.63, 3.8) is 0 Å². The van der Waals surface area contributed by atoms with E-state index in [0.29, 0.717) is 21.5 Å². The second-order valence-electron chi connectivity index (χ2n) is 16.4. The number of nitrogens with zero attached hydrogens (tertiary/aromatic N) is 2. The fourth-order valence-corrected chi connectivity index (χ4v) is 7.48. The Bertz CT molecular complexity index is 3070. The molecule has 1 aliphatic rings. The smallest absolute Gasteiger partial charge is 0.341 e. The van der Waals surface area contributed by atoms with Gasteiger partial charge in [0.05, 0.1) is 19.8 Å². The fraction of sp³-hybridized carbons (Fsp3) is 0.157. The fourth-order valence-electron chi connectivity index (χ4n) is 7.48. The normalized spacial score (nSPS) is 13.3. The molecule has 1 aliphatic heterocycles. The molecule has 0 saturated carbocycles. The van der Waals surface area contributed by atoms with E-state index < -0.39 is 60.4 Å². The summed E-state index contributed by atoms with van der Waals surface area (Å²) in [5, 5.41) is 12.6. The number of ether oxygens (including phenoxy) is 5. The van der Waals surface area contributed by atoms with E-state index in [0.717, 1.165) is 0 Å². The summed E-state index contributed by atoms with van der Waals surface area (Å²) in [6.07, 6.45) is 0. The van der Waals surface area contributed by atoms with E-state index in [4.69, 9.17) is 23.7 Å². The highest BCUT2D eigenvalue weighted by atomic mass is 16.6. The second-order valence-corrected chi connectivity index (χ2v) is 16.4. The molecule has 0 spiro atoms. The molecule has 4 amide bonds. The summed E-state index contributed by atoms with van der Waals surface area (Å²) in [5.41, 5.74) is -1.05. The summed E-state index contributed by atoms with van der Waals surface area (Å²) >= 11 is 0. The maximum Gasteiger partial charge on any atom is 0.341 e. The zero-order valence-corrected chi connectivity index (χ0v) is 37.7. The van der Waals surface area contributed by atoms with Crippen molar-refractivity contribution in [2.75, 3.05) is 48.7 Å². The maximum absolute atomic E-state index is 13.8. The Kier molecular flexibility index (Phi) is 13.0. The molecule has 0 radical (unpaired) electrons. The van der Waals surface area contributed by atoms with Crippen LogP contribution in [0.15, 0.2) is 115 Å². The minimum Gasteiger partial charge on any atom is -0.482 e. The number of pyridine rings is 2. The molecule has 2 aromatic heterocycles. The van der Waals surface area contributed by atoms with Gasteiger partial charge in [-0.25, -0.2) is 24.4 Å². The van der Waals surface area contributed by atoms with Gasteiger partial charge < -0.3 is 45.0 Å². The van der Waals surface area contributed by atoms with Crippen molar-refractivity contribution in [3.8, 4) is 22.6 Å². The lowest BCUT2D eigenvalue weighted by Gasteiger charge is -2.23. The van der Waals surface area contributed by atoms with Crippen LogP contribution in [0, 0.1) is 0 Å². The van der Waals surface area contributed by atoms with Crippen LogP contribution in [0.25, 0.3) is 32.7 Å². The third-order valence-corrected chi connectivity index (χ3v) is 10.4. The van der Waals surface area contributed by atoms with Gasteiger partial charge in [0.25, 0.3) is 23.6 Å². The monoisotopic (exact) mass is 930 g/mol. The zero-order valence-electron chi connectivity index (χ0n) is 37.7. The number of carbonyl (C=O) groups is 7. The number of aromatic nitrogens is 2. The molecule has 69 heavy (non-hydrogen) atoms. The molecule has 6 bridgehead atoms. The average Bonchev–Trinajstić information content (AvgIpc) is 3.33. The van der Waals surface area contributed by atoms with Crippen LogP contribution >= 0.6 is 0 Å². The van der Waals surface area contributed by atoms with E-state index in [1.54, 1.807) is 81.4 Å².